The smallest absolute Gasteiger partial charge is 0.294 e. The third-order valence-corrected chi connectivity index (χ3v) is 4.58. The van der Waals surface area contributed by atoms with Crippen LogP contribution in [0.5, 0.6) is 0 Å². The van der Waals surface area contributed by atoms with Gasteiger partial charge in [0.1, 0.15) is 15.4 Å². The van der Waals surface area contributed by atoms with Crippen LogP contribution in [0, 0.1) is 6.92 Å². The summed E-state index contributed by atoms with van der Waals surface area (Å²) in [5.41, 5.74) is 3.54. The maximum absolute atomic E-state index is 12.0. The summed E-state index contributed by atoms with van der Waals surface area (Å²) < 4.78 is 4.86. The predicted molar refractivity (Wildman–Crippen MR) is 92.0 cm³/mol. The van der Waals surface area contributed by atoms with Gasteiger partial charge in [-0.25, -0.2) is 9.97 Å². The Kier molecular flexibility index (Phi) is 3.55. The zero-order valence-electron chi connectivity index (χ0n) is 12.7. The number of thiazole rings is 1. The van der Waals surface area contributed by atoms with Gasteiger partial charge < -0.3 is 9.84 Å². The number of nitrogens with one attached hydrogen (secondary N) is 1. The van der Waals surface area contributed by atoms with E-state index in [0.717, 1.165) is 32.2 Å². The van der Waals surface area contributed by atoms with Crippen molar-refractivity contribution in [1.29, 1.82) is 0 Å². The van der Waals surface area contributed by atoms with Crippen molar-refractivity contribution in [2.75, 3.05) is 5.32 Å². The second-order valence-electron chi connectivity index (χ2n) is 5.21. The minimum absolute atomic E-state index is 0.177. The van der Waals surface area contributed by atoms with Crippen LogP contribution in [0.2, 0.25) is 0 Å². The summed E-state index contributed by atoms with van der Waals surface area (Å²) in [6.45, 7) is 1.94. The number of pyridine rings is 1. The number of fused-ring (bicyclic) bond motifs is 1. The van der Waals surface area contributed by atoms with Crippen molar-refractivity contribution < 1.29 is 9.32 Å². The van der Waals surface area contributed by atoms with Crippen molar-refractivity contribution in [1.82, 2.24) is 15.1 Å². The average molecular weight is 336 g/mol. The van der Waals surface area contributed by atoms with E-state index in [1.165, 1.54) is 12.3 Å². The Balaban J connectivity index is 1.63. The lowest BCUT2D eigenvalue weighted by Gasteiger charge is -2.08. The lowest BCUT2D eigenvalue weighted by molar-refractivity contribution is 0.0988. The minimum atomic E-state index is -0.326. The van der Waals surface area contributed by atoms with Gasteiger partial charge in [-0.1, -0.05) is 16.5 Å². The highest BCUT2D eigenvalue weighted by atomic mass is 32.1. The highest BCUT2D eigenvalue weighted by Gasteiger charge is 2.13. The molecule has 0 bridgehead atoms. The average Bonchev–Trinajstić information content (AvgIpc) is 3.26. The van der Waals surface area contributed by atoms with E-state index in [4.69, 9.17) is 4.52 Å². The number of benzene rings is 1. The minimum Gasteiger partial charge on any atom is -0.351 e. The number of anilines is 1. The van der Waals surface area contributed by atoms with Crippen molar-refractivity contribution in [2.45, 2.75) is 6.92 Å². The summed E-state index contributed by atoms with van der Waals surface area (Å²) in [7, 11) is 0. The van der Waals surface area contributed by atoms with Crippen LogP contribution in [-0.4, -0.2) is 21.0 Å². The van der Waals surface area contributed by atoms with Crippen molar-refractivity contribution in [3.05, 3.63) is 60.1 Å². The Morgan fingerprint density at radius 3 is 2.88 bits per heavy atom. The summed E-state index contributed by atoms with van der Waals surface area (Å²) in [5.74, 6) is -0.150. The second-order valence-corrected chi connectivity index (χ2v) is 6.18. The van der Waals surface area contributed by atoms with Crippen molar-refractivity contribution in [2.24, 2.45) is 0 Å². The fraction of sp³-hybridized carbons (Fsp3) is 0.0588. The van der Waals surface area contributed by atoms with Crippen LogP contribution in [0.1, 0.15) is 16.1 Å². The first-order valence-electron chi connectivity index (χ1n) is 7.25. The normalized spacial score (nSPS) is 10.9. The maximum Gasteiger partial charge on any atom is 0.294 e. The highest BCUT2D eigenvalue weighted by Crippen LogP contribution is 2.31. The lowest BCUT2D eigenvalue weighted by Crippen LogP contribution is -2.11. The van der Waals surface area contributed by atoms with E-state index < -0.39 is 0 Å². The van der Waals surface area contributed by atoms with Gasteiger partial charge in [0.25, 0.3) is 5.91 Å². The van der Waals surface area contributed by atoms with Gasteiger partial charge >= 0.3 is 0 Å². The number of rotatable bonds is 3. The Morgan fingerprint density at radius 2 is 2.12 bits per heavy atom. The van der Waals surface area contributed by atoms with Crippen LogP contribution in [0.25, 0.3) is 20.9 Å². The van der Waals surface area contributed by atoms with Crippen LogP contribution >= 0.6 is 11.3 Å². The fourth-order valence-electron chi connectivity index (χ4n) is 2.35. The molecule has 0 atom stereocenters. The van der Waals surface area contributed by atoms with Crippen molar-refractivity contribution in [3.63, 3.8) is 0 Å². The van der Waals surface area contributed by atoms with Gasteiger partial charge in [0.15, 0.2) is 0 Å². The standard InChI is InChI=1S/C17H12N4O2S/c1-10-9-11(16-21-13-3-2-7-18-17(13)24-16)4-5-12(10)20-15(22)14-6-8-19-23-14/h2-9H,1H3,(H,20,22). The molecule has 0 fully saturated rings. The number of carbonyl (C=O) groups is 1. The quantitative estimate of drug-likeness (QED) is 0.613. The molecule has 0 aliphatic carbocycles. The van der Waals surface area contributed by atoms with Gasteiger partial charge in [0.05, 0.1) is 6.20 Å². The molecule has 4 rings (SSSR count). The van der Waals surface area contributed by atoms with Crippen molar-refractivity contribution in [3.8, 4) is 10.6 Å². The molecule has 0 aliphatic heterocycles. The summed E-state index contributed by atoms with van der Waals surface area (Å²) in [4.78, 5) is 21.9. The summed E-state index contributed by atoms with van der Waals surface area (Å²) in [6, 6.07) is 11.1. The monoisotopic (exact) mass is 336 g/mol. The van der Waals surface area contributed by atoms with E-state index in [9.17, 15) is 4.79 Å². The molecule has 1 N–H and O–H groups in total. The fourth-order valence-corrected chi connectivity index (χ4v) is 3.25. The first-order valence-corrected chi connectivity index (χ1v) is 8.07. The van der Waals surface area contributed by atoms with Gasteiger partial charge in [-0.05, 0) is 42.8 Å². The number of aromatic nitrogens is 3. The summed E-state index contributed by atoms with van der Waals surface area (Å²) in [5, 5.41) is 7.25. The Morgan fingerprint density at radius 1 is 1.21 bits per heavy atom. The second kappa shape index (κ2) is 5.86. The molecular weight excluding hydrogens is 324 g/mol. The van der Waals surface area contributed by atoms with E-state index >= 15 is 0 Å². The summed E-state index contributed by atoms with van der Waals surface area (Å²) in [6.07, 6.45) is 3.20. The molecule has 6 nitrogen and oxygen atoms in total. The van der Waals surface area contributed by atoms with Crippen molar-refractivity contribution >= 4 is 33.3 Å². The summed E-state index contributed by atoms with van der Waals surface area (Å²) >= 11 is 1.54. The first kappa shape index (κ1) is 14.5. The first-order chi connectivity index (χ1) is 11.7. The molecule has 24 heavy (non-hydrogen) atoms. The number of amides is 1. The SMILES string of the molecule is Cc1cc(-c2nc3cccnc3s2)ccc1NC(=O)c1ccno1. The molecule has 7 heteroatoms. The Bertz CT molecular complexity index is 991. The number of nitrogens with zero attached hydrogens (tertiary/aromatic N) is 3. The predicted octanol–water partition coefficient (Wildman–Crippen LogP) is 3.91. The molecule has 118 valence electrons. The topological polar surface area (TPSA) is 80.9 Å². The molecule has 1 amide bonds. The zero-order valence-corrected chi connectivity index (χ0v) is 13.5. The molecule has 0 spiro atoms. The molecule has 4 aromatic rings. The molecule has 1 aromatic carbocycles. The molecule has 0 aliphatic rings. The van der Waals surface area contributed by atoms with Gasteiger partial charge in [-0.3, -0.25) is 4.79 Å². The van der Waals surface area contributed by atoms with E-state index in [0.29, 0.717) is 0 Å². The van der Waals surface area contributed by atoms with Gasteiger partial charge in [0, 0.05) is 23.5 Å². The molecule has 3 heterocycles. The Hall–Kier alpha value is -3.06. The molecule has 0 radical (unpaired) electrons. The molecule has 0 saturated carbocycles. The molecule has 0 saturated heterocycles. The van der Waals surface area contributed by atoms with Crippen LogP contribution < -0.4 is 5.32 Å². The van der Waals surface area contributed by atoms with Gasteiger partial charge in [0.2, 0.25) is 5.76 Å². The van der Waals surface area contributed by atoms with E-state index in [1.54, 1.807) is 17.5 Å². The van der Waals surface area contributed by atoms with E-state index in [2.05, 4.69) is 20.4 Å². The molecule has 3 aromatic heterocycles. The maximum atomic E-state index is 12.0. The largest absolute Gasteiger partial charge is 0.351 e. The number of hydrogen-bond acceptors (Lipinski definition) is 6. The van der Waals surface area contributed by atoms with E-state index in [-0.39, 0.29) is 11.7 Å². The zero-order chi connectivity index (χ0) is 16.5. The molecular formula is C17H12N4O2S. The highest BCUT2D eigenvalue weighted by molar-refractivity contribution is 7.21. The lowest BCUT2D eigenvalue weighted by atomic mass is 10.1. The van der Waals surface area contributed by atoms with Crippen LogP contribution in [0.4, 0.5) is 5.69 Å². The third kappa shape index (κ3) is 2.65. The van der Waals surface area contributed by atoms with Gasteiger partial charge in [-0.15, -0.1) is 0 Å². The van der Waals surface area contributed by atoms with Crippen LogP contribution in [0.3, 0.4) is 0 Å². The van der Waals surface area contributed by atoms with Crippen LogP contribution in [-0.2, 0) is 0 Å². The van der Waals surface area contributed by atoms with Crippen LogP contribution in [0.15, 0.2) is 53.3 Å². The number of hydrogen-bond donors (Lipinski definition) is 1. The number of carbonyl (C=O) groups excluding carboxylic acids is 1. The van der Waals surface area contributed by atoms with Gasteiger partial charge in [-0.2, -0.15) is 0 Å². The third-order valence-electron chi connectivity index (χ3n) is 3.55. The Labute approximate surface area is 141 Å². The number of aryl methyl sites for hydroxylation is 1. The molecule has 0 unspecified atom stereocenters. The van der Waals surface area contributed by atoms with E-state index in [1.807, 2.05) is 37.3 Å².